The Labute approximate surface area is 93.7 Å². The number of thioether (sulfide) groups is 1. The zero-order valence-electron chi connectivity index (χ0n) is 9.07. The summed E-state index contributed by atoms with van der Waals surface area (Å²) in [6.07, 6.45) is 2.01. The standard InChI is InChI=1S/C12H13NOS/c1-8-9-6-4-5-7-10(9)13-12(15-3)11(8)14-2/h4-7H,1-3H3. The van der Waals surface area contributed by atoms with Crippen LogP contribution in [0.5, 0.6) is 5.75 Å². The Morgan fingerprint density at radius 3 is 2.67 bits per heavy atom. The van der Waals surface area contributed by atoms with Gasteiger partial charge in [0.05, 0.1) is 12.6 Å². The lowest BCUT2D eigenvalue weighted by Gasteiger charge is -2.11. The third kappa shape index (κ3) is 1.67. The van der Waals surface area contributed by atoms with Crippen LogP contribution in [0.4, 0.5) is 0 Å². The highest BCUT2D eigenvalue weighted by atomic mass is 32.2. The third-order valence-electron chi connectivity index (χ3n) is 2.46. The van der Waals surface area contributed by atoms with Crippen LogP contribution in [0.15, 0.2) is 29.3 Å². The number of pyridine rings is 1. The van der Waals surface area contributed by atoms with Crippen molar-refractivity contribution in [3.63, 3.8) is 0 Å². The van der Waals surface area contributed by atoms with Crippen LogP contribution in [0.2, 0.25) is 0 Å². The van der Waals surface area contributed by atoms with E-state index in [4.69, 9.17) is 4.74 Å². The predicted molar refractivity (Wildman–Crippen MR) is 64.8 cm³/mol. The summed E-state index contributed by atoms with van der Waals surface area (Å²) in [5.41, 5.74) is 2.19. The first-order valence-corrected chi connectivity index (χ1v) is 5.97. The smallest absolute Gasteiger partial charge is 0.154 e. The number of fused-ring (bicyclic) bond motifs is 1. The van der Waals surface area contributed by atoms with Gasteiger partial charge in [-0.2, -0.15) is 0 Å². The molecule has 0 amide bonds. The number of methoxy groups -OCH3 is 1. The molecule has 0 atom stereocenters. The molecule has 0 aliphatic heterocycles. The second kappa shape index (κ2) is 4.11. The lowest BCUT2D eigenvalue weighted by atomic mass is 10.1. The van der Waals surface area contributed by atoms with Crippen molar-refractivity contribution in [2.75, 3.05) is 13.4 Å². The molecule has 0 spiro atoms. The topological polar surface area (TPSA) is 22.1 Å². The fourth-order valence-electron chi connectivity index (χ4n) is 1.71. The van der Waals surface area contributed by atoms with Crippen LogP contribution in [0, 0.1) is 6.92 Å². The number of ether oxygens (including phenoxy) is 1. The monoisotopic (exact) mass is 219 g/mol. The molecule has 0 radical (unpaired) electrons. The molecule has 0 saturated heterocycles. The van der Waals surface area contributed by atoms with E-state index in [1.807, 2.05) is 24.5 Å². The fourth-order valence-corrected chi connectivity index (χ4v) is 2.32. The van der Waals surface area contributed by atoms with Gasteiger partial charge in [0.1, 0.15) is 5.03 Å². The summed E-state index contributed by atoms with van der Waals surface area (Å²) in [7, 11) is 1.69. The lowest BCUT2D eigenvalue weighted by Crippen LogP contribution is -1.94. The van der Waals surface area contributed by atoms with Gasteiger partial charge in [0.15, 0.2) is 5.75 Å². The maximum absolute atomic E-state index is 5.39. The van der Waals surface area contributed by atoms with Gasteiger partial charge in [-0.05, 0) is 19.2 Å². The Kier molecular flexibility index (Phi) is 2.82. The molecule has 2 nitrogen and oxygen atoms in total. The predicted octanol–water partition coefficient (Wildman–Crippen LogP) is 3.27. The van der Waals surface area contributed by atoms with Gasteiger partial charge in [-0.15, -0.1) is 11.8 Å². The van der Waals surface area contributed by atoms with E-state index in [1.54, 1.807) is 18.9 Å². The molecule has 1 aromatic carbocycles. The molecule has 1 heterocycles. The van der Waals surface area contributed by atoms with Crippen molar-refractivity contribution in [1.29, 1.82) is 0 Å². The molecule has 3 heteroatoms. The summed E-state index contributed by atoms with van der Waals surface area (Å²) >= 11 is 1.61. The van der Waals surface area contributed by atoms with E-state index in [9.17, 15) is 0 Å². The average Bonchev–Trinajstić information content (AvgIpc) is 2.29. The molecule has 0 unspecified atom stereocenters. The highest BCUT2D eigenvalue weighted by molar-refractivity contribution is 7.98. The quantitative estimate of drug-likeness (QED) is 0.724. The van der Waals surface area contributed by atoms with Crippen molar-refractivity contribution in [2.24, 2.45) is 0 Å². The summed E-state index contributed by atoms with van der Waals surface area (Å²) in [6.45, 7) is 2.07. The van der Waals surface area contributed by atoms with Gasteiger partial charge in [-0.1, -0.05) is 18.2 Å². The highest BCUT2D eigenvalue weighted by Gasteiger charge is 2.10. The lowest BCUT2D eigenvalue weighted by molar-refractivity contribution is 0.399. The molecule has 78 valence electrons. The molecule has 2 rings (SSSR count). The Bertz CT molecular complexity index is 496. The van der Waals surface area contributed by atoms with E-state index in [1.165, 1.54) is 0 Å². The van der Waals surface area contributed by atoms with Crippen LogP contribution in [0.25, 0.3) is 10.9 Å². The molecule has 0 aliphatic rings. The van der Waals surface area contributed by atoms with Gasteiger partial charge in [-0.3, -0.25) is 0 Å². The van der Waals surface area contributed by atoms with Crippen molar-refractivity contribution in [1.82, 2.24) is 4.98 Å². The number of aryl methyl sites for hydroxylation is 1. The molecule has 0 fully saturated rings. The van der Waals surface area contributed by atoms with Gasteiger partial charge in [-0.25, -0.2) is 4.98 Å². The van der Waals surface area contributed by atoms with Gasteiger partial charge in [0, 0.05) is 10.9 Å². The molecule has 0 saturated carbocycles. The normalized spacial score (nSPS) is 10.6. The highest BCUT2D eigenvalue weighted by Crippen LogP contribution is 2.33. The zero-order chi connectivity index (χ0) is 10.8. The molecular weight excluding hydrogens is 206 g/mol. The van der Waals surface area contributed by atoms with Crippen LogP contribution in [-0.2, 0) is 0 Å². The van der Waals surface area contributed by atoms with E-state index in [2.05, 4.69) is 18.0 Å². The second-order valence-corrected chi connectivity index (χ2v) is 4.09. The number of nitrogens with zero attached hydrogens (tertiary/aromatic N) is 1. The molecule has 15 heavy (non-hydrogen) atoms. The minimum atomic E-state index is 0.890. The van der Waals surface area contributed by atoms with Gasteiger partial charge >= 0.3 is 0 Å². The second-order valence-electron chi connectivity index (χ2n) is 3.30. The maximum atomic E-state index is 5.39. The zero-order valence-corrected chi connectivity index (χ0v) is 9.89. The number of rotatable bonds is 2. The Morgan fingerprint density at radius 1 is 1.27 bits per heavy atom. The van der Waals surface area contributed by atoms with Crippen LogP contribution in [0.3, 0.4) is 0 Å². The van der Waals surface area contributed by atoms with Crippen molar-refractivity contribution in [3.05, 3.63) is 29.8 Å². The van der Waals surface area contributed by atoms with E-state index in [-0.39, 0.29) is 0 Å². The average molecular weight is 219 g/mol. The minimum absolute atomic E-state index is 0.890. The SMILES string of the molecule is COc1c(SC)nc2ccccc2c1C. The first-order chi connectivity index (χ1) is 7.27. The van der Waals surface area contributed by atoms with Crippen molar-refractivity contribution in [2.45, 2.75) is 11.9 Å². The van der Waals surface area contributed by atoms with E-state index >= 15 is 0 Å². The first kappa shape index (κ1) is 10.3. The van der Waals surface area contributed by atoms with E-state index in [0.717, 1.165) is 27.2 Å². The summed E-state index contributed by atoms with van der Waals surface area (Å²) in [6, 6.07) is 8.13. The van der Waals surface area contributed by atoms with E-state index in [0.29, 0.717) is 0 Å². The summed E-state index contributed by atoms with van der Waals surface area (Å²) in [5, 5.41) is 2.11. The molecular formula is C12H13NOS. The molecule has 1 aromatic heterocycles. The van der Waals surface area contributed by atoms with Crippen molar-refractivity contribution in [3.8, 4) is 5.75 Å². The number of hydrogen-bond donors (Lipinski definition) is 0. The maximum Gasteiger partial charge on any atom is 0.154 e. The van der Waals surface area contributed by atoms with Crippen LogP contribution in [-0.4, -0.2) is 18.3 Å². The van der Waals surface area contributed by atoms with Crippen LogP contribution in [0.1, 0.15) is 5.56 Å². The molecule has 0 aliphatic carbocycles. The number of hydrogen-bond acceptors (Lipinski definition) is 3. The van der Waals surface area contributed by atoms with Crippen molar-refractivity contribution >= 4 is 22.7 Å². The largest absolute Gasteiger partial charge is 0.494 e. The molecule has 2 aromatic rings. The molecule has 0 N–H and O–H groups in total. The summed E-state index contributed by atoms with van der Waals surface area (Å²) in [4.78, 5) is 4.56. The Morgan fingerprint density at radius 2 is 2.00 bits per heavy atom. The minimum Gasteiger partial charge on any atom is -0.494 e. The summed E-state index contributed by atoms with van der Waals surface area (Å²) < 4.78 is 5.39. The molecule has 0 bridgehead atoms. The Hall–Kier alpha value is -1.22. The van der Waals surface area contributed by atoms with E-state index < -0.39 is 0 Å². The number of aromatic nitrogens is 1. The first-order valence-electron chi connectivity index (χ1n) is 4.75. The van der Waals surface area contributed by atoms with Gasteiger partial charge < -0.3 is 4.74 Å². The van der Waals surface area contributed by atoms with Gasteiger partial charge in [0.25, 0.3) is 0 Å². The number of para-hydroxylation sites is 1. The van der Waals surface area contributed by atoms with Crippen molar-refractivity contribution < 1.29 is 4.74 Å². The third-order valence-corrected chi connectivity index (χ3v) is 3.13. The van der Waals surface area contributed by atoms with Crippen LogP contribution >= 0.6 is 11.8 Å². The van der Waals surface area contributed by atoms with Gasteiger partial charge in [0.2, 0.25) is 0 Å². The van der Waals surface area contributed by atoms with Crippen LogP contribution < -0.4 is 4.74 Å². The number of benzene rings is 1. The fraction of sp³-hybridized carbons (Fsp3) is 0.250. The Balaban J connectivity index is 2.81. The summed E-state index contributed by atoms with van der Waals surface area (Å²) in [5.74, 6) is 0.890.